The Morgan fingerprint density at radius 1 is 1.05 bits per heavy atom. The molecule has 0 spiro atoms. The molecule has 37 heavy (non-hydrogen) atoms. The van der Waals surface area contributed by atoms with E-state index in [-0.39, 0.29) is 12.3 Å². The molecule has 2 aromatic rings. The second kappa shape index (κ2) is 13.3. The molecular formula is C27H42N6O3S. The number of piperidine rings is 1. The maximum Gasteiger partial charge on any atom is 0.226 e. The first-order chi connectivity index (χ1) is 17.6. The van der Waals surface area contributed by atoms with Crippen molar-refractivity contribution in [3.05, 3.63) is 34.9 Å². The quantitative estimate of drug-likeness (QED) is 0.475. The molecule has 1 aliphatic heterocycles. The predicted octanol–water partition coefficient (Wildman–Crippen LogP) is 3.56. The zero-order valence-corrected chi connectivity index (χ0v) is 24.2. The zero-order valence-electron chi connectivity index (χ0n) is 23.3. The molecule has 1 atom stereocenters. The Bertz CT molecular complexity index is 1080. The number of anilines is 2. The highest BCUT2D eigenvalue weighted by Gasteiger charge is 2.22. The van der Waals surface area contributed by atoms with E-state index in [1.807, 2.05) is 39.0 Å². The molecule has 204 valence electrons. The van der Waals surface area contributed by atoms with E-state index >= 15 is 0 Å². The number of amides is 1. The number of hydrogen-bond donors (Lipinski definition) is 1. The summed E-state index contributed by atoms with van der Waals surface area (Å²) in [5.41, 5.74) is 2.80. The Kier molecular flexibility index (Phi) is 10.4. The molecule has 0 bridgehead atoms. The van der Waals surface area contributed by atoms with E-state index in [1.165, 1.54) is 6.42 Å². The lowest BCUT2D eigenvalue weighted by atomic mass is 9.93. The molecule has 1 N–H and O–H groups in total. The number of aryl methyl sites for hydroxylation is 3. The van der Waals surface area contributed by atoms with Crippen molar-refractivity contribution < 1.29 is 13.7 Å². The average molecular weight is 531 g/mol. The van der Waals surface area contributed by atoms with Gasteiger partial charge in [-0.25, -0.2) is 8.51 Å². The number of nitrogens with one attached hydrogen (secondary N) is 1. The maximum atomic E-state index is 13.1. The molecule has 9 nitrogen and oxygen atoms in total. The smallest absolute Gasteiger partial charge is 0.226 e. The van der Waals surface area contributed by atoms with Crippen molar-refractivity contribution in [1.82, 2.24) is 19.4 Å². The third kappa shape index (κ3) is 7.96. The summed E-state index contributed by atoms with van der Waals surface area (Å²) >= 11 is 0. The van der Waals surface area contributed by atoms with E-state index in [9.17, 15) is 9.00 Å². The summed E-state index contributed by atoms with van der Waals surface area (Å²) in [7, 11) is 6.24. The predicted molar refractivity (Wildman–Crippen MR) is 150 cm³/mol. The van der Waals surface area contributed by atoms with Crippen molar-refractivity contribution in [3.63, 3.8) is 0 Å². The van der Waals surface area contributed by atoms with Gasteiger partial charge in [-0.2, -0.15) is 0 Å². The van der Waals surface area contributed by atoms with E-state index < -0.39 is 11.0 Å². The van der Waals surface area contributed by atoms with Crippen LogP contribution in [0.4, 0.5) is 11.6 Å². The van der Waals surface area contributed by atoms with Crippen LogP contribution in [0.15, 0.2) is 23.1 Å². The highest BCUT2D eigenvalue weighted by atomic mass is 32.2. The van der Waals surface area contributed by atoms with Gasteiger partial charge in [-0.3, -0.25) is 4.79 Å². The molecule has 1 fully saturated rings. The molecule has 3 rings (SSSR count). The number of nitrogens with zero attached hydrogens (tertiary/aromatic N) is 5. The van der Waals surface area contributed by atoms with Crippen molar-refractivity contribution in [3.8, 4) is 5.75 Å². The van der Waals surface area contributed by atoms with Gasteiger partial charge in [-0.1, -0.05) is 0 Å². The highest BCUT2D eigenvalue weighted by molar-refractivity contribution is 7.82. The van der Waals surface area contributed by atoms with Crippen LogP contribution in [-0.4, -0.2) is 84.0 Å². The van der Waals surface area contributed by atoms with Crippen molar-refractivity contribution in [2.24, 2.45) is 5.92 Å². The maximum absolute atomic E-state index is 13.1. The fourth-order valence-electron chi connectivity index (χ4n) is 4.73. The Balaban J connectivity index is 1.51. The van der Waals surface area contributed by atoms with Gasteiger partial charge in [-0.05, 0) is 101 Å². The Morgan fingerprint density at radius 3 is 2.27 bits per heavy atom. The summed E-state index contributed by atoms with van der Waals surface area (Å²) in [6, 6.07) is 5.63. The van der Waals surface area contributed by atoms with Gasteiger partial charge in [0, 0.05) is 33.1 Å². The van der Waals surface area contributed by atoms with Gasteiger partial charge in [0.15, 0.2) is 11.6 Å². The standard InChI is InChI=1S/C27H42N6O3S/c1-19-16-23(36-7)17-20(2)26(19)37(35)32(6)13-11-25(34)28-24-18-21(3)27(30-29-24)33-14-9-22(10-15-33)8-12-31(4)5/h16-18,22H,8-15H2,1-7H3,(H,28,29,34). The van der Waals surface area contributed by atoms with E-state index in [1.54, 1.807) is 18.5 Å². The Labute approximate surface area is 224 Å². The average Bonchev–Trinajstić information content (AvgIpc) is 2.86. The summed E-state index contributed by atoms with van der Waals surface area (Å²) in [5, 5.41) is 11.5. The third-order valence-corrected chi connectivity index (χ3v) is 8.65. The lowest BCUT2D eigenvalue weighted by Crippen LogP contribution is -2.35. The van der Waals surface area contributed by atoms with Crippen LogP contribution in [0.2, 0.25) is 0 Å². The molecule has 1 amide bonds. The minimum Gasteiger partial charge on any atom is -0.497 e. The fraction of sp³-hybridized carbons (Fsp3) is 0.593. The van der Waals surface area contributed by atoms with Crippen molar-refractivity contribution in [2.75, 3.05) is 64.6 Å². The number of ether oxygens (including phenoxy) is 1. The first-order valence-corrected chi connectivity index (χ1v) is 14.0. The first-order valence-electron chi connectivity index (χ1n) is 12.9. The van der Waals surface area contributed by atoms with Crippen molar-refractivity contribution in [2.45, 2.75) is 51.3 Å². The highest BCUT2D eigenvalue weighted by Crippen LogP contribution is 2.27. The molecule has 2 heterocycles. The number of rotatable bonds is 11. The minimum atomic E-state index is -1.38. The van der Waals surface area contributed by atoms with Crippen LogP contribution < -0.4 is 15.0 Å². The second-order valence-electron chi connectivity index (χ2n) is 10.2. The topological polar surface area (TPSA) is 90.9 Å². The van der Waals surface area contributed by atoms with Gasteiger partial charge in [0.25, 0.3) is 0 Å². The molecule has 0 saturated carbocycles. The summed E-state index contributed by atoms with van der Waals surface area (Å²) in [6.07, 6.45) is 3.76. The number of carbonyl (C=O) groups excluding carboxylic acids is 1. The van der Waals surface area contributed by atoms with Crippen molar-refractivity contribution in [1.29, 1.82) is 0 Å². The Hall–Kier alpha value is -2.56. The van der Waals surface area contributed by atoms with Gasteiger partial charge in [0.2, 0.25) is 5.91 Å². The van der Waals surface area contributed by atoms with Gasteiger partial charge >= 0.3 is 0 Å². The normalized spacial score (nSPS) is 15.3. The van der Waals surface area contributed by atoms with Crippen LogP contribution in [0, 0.1) is 26.7 Å². The number of benzene rings is 1. The van der Waals surface area contributed by atoms with Gasteiger partial charge in [0.1, 0.15) is 16.7 Å². The molecule has 1 aromatic heterocycles. The number of carbonyl (C=O) groups is 1. The summed E-state index contributed by atoms with van der Waals surface area (Å²) in [6.45, 7) is 9.28. The monoisotopic (exact) mass is 530 g/mol. The molecule has 1 unspecified atom stereocenters. The fourth-order valence-corrected chi connectivity index (χ4v) is 5.97. The number of hydrogen-bond acceptors (Lipinski definition) is 7. The largest absolute Gasteiger partial charge is 0.497 e. The molecule has 10 heteroatoms. The number of aromatic nitrogens is 2. The van der Waals surface area contributed by atoms with Gasteiger partial charge in [-0.15, -0.1) is 10.2 Å². The first kappa shape index (κ1) is 29.0. The molecular weight excluding hydrogens is 488 g/mol. The molecule has 1 aromatic carbocycles. The van der Waals surface area contributed by atoms with Crippen LogP contribution in [0.25, 0.3) is 0 Å². The van der Waals surface area contributed by atoms with Crippen LogP contribution in [-0.2, 0) is 15.8 Å². The minimum absolute atomic E-state index is 0.185. The van der Waals surface area contributed by atoms with Crippen LogP contribution in [0.3, 0.4) is 0 Å². The van der Waals surface area contributed by atoms with E-state index in [2.05, 4.69) is 39.4 Å². The third-order valence-electron chi connectivity index (χ3n) is 6.91. The molecule has 1 saturated heterocycles. The molecule has 1 aliphatic rings. The summed E-state index contributed by atoms with van der Waals surface area (Å²) in [5.74, 6) is 2.65. The lowest BCUT2D eigenvalue weighted by molar-refractivity contribution is -0.116. The molecule has 0 aliphatic carbocycles. The second-order valence-corrected chi connectivity index (χ2v) is 11.8. The van der Waals surface area contributed by atoms with E-state index in [4.69, 9.17) is 4.74 Å². The SMILES string of the molecule is COc1cc(C)c(S(=O)N(C)CCC(=O)Nc2cc(C)c(N3CCC(CCN(C)C)CC3)nn2)c(C)c1. The van der Waals surface area contributed by atoms with E-state index in [0.29, 0.717) is 12.4 Å². The van der Waals surface area contributed by atoms with Gasteiger partial charge < -0.3 is 19.9 Å². The summed E-state index contributed by atoms with van der Waals surface area (Å²) in [4.78, 5) is 17.9. The summed E-state index contributed by atoms with van der Waals surface area (Å²) < 4.78 is 20.1. The van der Waals surface area contributed by atoms with Crippen LogP contribution in [0.5, 0.6) is 5.75 Å². The zero-order chi connectivity index (χ0) is 27.1. The Morgan fingerprint density at radius 2 is 1.70 bits per heavy atom. The van der Waals surface area contributed by atoms with Gasteiger partial charge in [0.05, 0.1) is 12.0 Å². The number of methoxy groups -OCH3 is 1. The van der Waals surface area contributed by atoms with E-state index in [0.717, 1.165) is 71.5 Å². The van der Waals surface area contributed by atoms with Crippen LogP contribution >= 0.6 is 0 Å². The molecule has 0 radical (unpaired) electrons. The van der Waals surface area contributed by atoms with Crippen molar-refractivity contribution >= 4 is 28.5 Å². The lowest BCUT2D eigenvalue weighted by Gasteiger charge is -2.33. The van der Waals surface area contributed by atoms with Crippen LogP contribution in [0.1, 0.15) is 42.4 Å².